The molecule has 0 saturated carbocycles. The summed E-state index contributed by atoms with van der Waals surface area (Å²) in [5.41, 5.74) is 4.78. The van der Waals surface area contributed by atoms with E-state index in [1.165, 1.54) is 0 Å². The summed E-state index contributed by atoms with van der Waals surface area (Å²) in [6.45, 7) is 0.879. The smallest absolute Gasteiger partial charge is 0.383 e. The van der Waals surface area contributed by atoms with Gasteiger partial charge in [0.2, 0.25) is 0 Å². The number of aromatic nitrogens is 2. The van der Waals surface area contributed by atoms with E-state index in [4.69, 9.17) is 18.8 Å². The molecule has 0 bridgehead atoms. The average molecular weight is 214 g/mol. The molecule has 1 unspecified atom stereocenters. The minimum Gasteiger partial charge on any atom is -0.383 e. The van der Waals surface area contributed by atoms with Gasteiger partial charge >= 0.3 is 6.18 Å². The molecule has 0 spiro atoms. The molecule has 8 heteroatoms. The number of nitrogens with zero attached hydrogens (tertiary/aromatic N) is 3. The maximum absolute atomic E-state index is 12.3. The van der Waals surface area contributed by atoms with E-state index in [0.717, 1.165) is 6.92 Å². The molecule has 1 aromatic rings. The molecule has 2 N–H and O–H groups in total. The number of nitrogen functional groups attached to an aromatic ring is 1. The molecular weight excluding hydrogens is 208 g/mol. The van der Waals surface area contributed by atoms with Crippen LogP contribution in [-0.4, -0.2) is 23.8 Å². The quantitative estimate of drug-likeness (QED) is 0.681. The number of hydrogen-bond acceptors (Lipinski definition) is 3. The molecule has 0 saturated heterocycles. The summed E-state index contributed by atoms with van der Waals surface area (Å²) in [5, 5.41) is 11.9. The number of alkyl halides is 3. The number of nitriles is 1. The zero-order valence-electron chi connectivity index (χ0n) is 7.71. The van der Waals surface area contributed by atoms with Gasteiger partial charge in [0.1, 0.15) is 31.3 Å². The van der Waals surface area contributed by atoms with Crippen molar-refractivity contribution in [2.24, 2.45) is 0 Å². The van der Waals surface area contributed by atoms with E-state index in [-0.39, 0.29) is 17.0 Å². The van der Waals surface area contributed by atoms with Crippen molar-refractivity contribution in [3.63, 3.8) is 0 Å². The molecule has 1 aromatic heterocycles. The lowest BCUT2D eigenvalue weighted by molar-refractivity contribution is -0.164. The number of hydrogen-bond donors (Lipinski definition) is 1. The van der Waals surface area contributed by atoms with Crippen molar-refractivity contribution in [2.45, 2.75) is 19.1 Å². The van der Waals surface area contributed by atoms with Gasteiger partial charge in [0.15, 0.2) is 0 Å². The van der Waals surface area contributed by atoms with Crippen molar-refractivity contribution in [1.29, 1.82) is 5.26 Å². The number of rotatable bonds is 1. The van der Waals surface area contributed by atoms with Gasteiger partial charge in [0, 0.05) is 5.59 Å². The highest BCUT2D eigenvalue weighted by Gasteiger charge is 2.39. The predicted molar refractivity (Wildman–Crippen MR) is 47.5 cm³/mol. The van der Waals surface area contributed by atoms with Gasteiger partial charge in [-0.15, -0.1) is 0 Å². The van der Waals surface area contributed by atoms with Crippen LogP contribution in [0.25, 0.3) is 0 Å². The molecular formula is C7H6BF3N4. The summed E-state index contributed by atoms with van der Waals surface area (Å²) in [6, 6.07) is -0.325. The van der Waals surface area contributed by atoms with Crippen LogP contribution in [0.3, 0.4) is 0 Å². The molecule has 1 rings (SSSR count). The molecule has 0 fully saturated rings. The lowest BCUT2D eigenvalue weighted by Gasteiger charge is -2.17. The second-order valence-electron chi connectivity index (χ2n) is 2.92. The maximum atomic E-state index is 12.3. The Morgan fingerprint density at radius 1 is 1.60 bits per heavy atom. The highest BCUT2D eigenvalue weighted by atomic mass is 19.4. The van der Waals surface area contributed by atoms with Crippen molar-refractivity contribution < 1.29 is 13.2 Å². The minimum atomic E-state index is -4.49. The number of halogens is 3. The summed E-state index contributed by atoms with van der Waals surface area (Å²) in [5.74, 6) is -0.375. The fourth-order valence-corrected chi connectivity index (χ4v) is 1.01. The fraction of sp³-hybridized carbons (Fsp3) is 0.429. The Labute approximate surface area is 84.9 Å². The average Bonchev–Trinajstić information content (AvgIpc) is 2.39. The van der Waals surface area contributed by atoms with Crippen LogP contribution in [0.15, 0.2) is 0 Å². The SMILES string of the molecule is [B]c1nn(C(C)C(F)(F)F)c(N)c1C#N. The van der Waals surface area contributed by atoms with Gasteiger partial charge in [-0.1, -0.05) is 0 Å². The van der Waals surface area contributed by atoms with E-state index in [1.54, 1.807) is 6.07 Å². The minimum absolute atomic E-state index is 0.230. The molecule has 78 valence electrons. The van der Waals surface area contributed by atoms with Crippen LogP contribution in [0.1, 0.15) is 18.5 Å². The monoisotopic (exact) mass is 214 g/mol. The van der Waals surface area contributed by atoms with Gasteiger partial charge in [-0.05, 0) is 6.92 Å². The van der Waals surface area contributed by atoms with Crippen LogP contribution in [0, 0.1) is 11.3 Å². The molecule has 0 aliphatic rings. The Morgan fingerprint density at radius 3 is 2.47 bits per heavy atom. The van der Waals surface area contributed by atoms with Gasteiger partial charge in [0.25, 0.3) is 0 Å². The fourth-order valence-electron chi connectivity index (χ4n) is 1.01. The first-order valence-corrected chi connectivity index (χ1v) is 3.89. The molecule has 0 aliphatic carbocycles. The van der Waals surface area contributed by atoms with E-state index >= 15 is 0 Å². The first-order valence-electron chi connectivity index (χ1n) is 3.89. The Hall–Kier alpha value is -1.65. The summed E-state index contributed by atoms with van der Waals surface area (Å²) in [7, 11) is 5.23. The topological polar surface area (TPSA) is 67.6 Å². The highest BCUT2D eigenvalue weighted by Crippen LogP contribution is 2.31. The van der Waals surface area contributed by atoms with Crippen LogP contribution < -0.4 is 11.3 Å². The standard InChI is InChI=1S/C7H6BF3N4/c1-3(7(9,10)11)15-6(13)4(2-12)5(8)14-15/h3H,13H2,1H3. The van der Waals surface area contributed by atoms with Gasteiger partial charge in [-0.25, -0.2) is 4.68 Å². The lowest BCUT2D eigenvalue weighted by atomic mass is 10.0. The summed E-state index contributed by atoms with van der Waals surface area (Å²) in [6.07, 6.45) is -4.49. The molecule has 0 aromatic carbocycles. The molecule has 15 heavy (non-hydrogen) atoms. The summed E-state index contributed by atoms with van der Waals surface area (Å²) < 4.78 is 37.5. The number of nitrogens with two attached hydrogens (primary N) is 1. The largest absolute Gasteiger partial charge is 0.410 e. The van der Waals surface area contributed by atoms with Crippen molar-refractivity contribution in [2.75, 3.05) is 5.73 Å². The second-order valence-corrected chi connectivity index (χ2v) is 2.92. The maximum Gasteiger partial charge on any atom is 0.410 e. The Balaban J connectivity index is 3.24. The van der Waals surface area contributed by atoms with Gasteiger partial charge in [0.05, 0.1) is 0 Å². The highest BCUT2D eigenvalue weighted by molar-refractivity contribution is 6.32. The van der Waals surface area contributed by atoms with Crippen LogP contribution in [0.2, 0.25) is 0 Å². The zero-order valence-corrected chi connectivity index (χ0v) is 7.71. The van der Waals surface area contributed by atoms with E-state index in [9.17, 15) is 13.2 Å². The Kier molecular flexibility index (Phi) is 2.66. The molecule has 4 nitrogen and oxygen atoms in total. The van der Waals surface area contributed by atoms with Crippen LogP contribution >= 0.6 is 0 Å². The van der Waals surface area contributed by atoms with Crippen LogP contribution in [0.5, 0.6) is 0 Å². The second kappa shape index (κ2) is 3.49. The van der Waals surface area contributed by atoms with Crippen molar-refractivity contribution >= 4 is 19.3 Å². The van der Waals surface area contributed by atoms with Crippen LogP contribution in [0.4, 0.5) is 19.0 Å². The Morgan fingerprint density at radius 2 is 2.13 bits per heavy atom. The predicted octanol–water partition coefficient (Wildman–Crippen LogP) is 0.254. The third kappa shape index (κ3) is 1.91. The van der Waals surface area contributed by atoms with Crippen molar-refractivity contribution in [3.05, 3.63) is 5.56 Å². The van der Waals surface area contributed by atoms with E-state index < -0.39 is 12.2 Å². The van der Waals surface area contributed by atoms with E-state index in [0.29, 0.717) is 4.68 Å². The van der Waals surface area contributed by atoms with Crippen molar-refractivity contribution in [3.8, 4) is 6.07 Å². The normalized spacial score (nSPS) is 13.5. The molecule has 0 amide bonds. The summed E-state index contributed by atoms with van der Waals surface area (Å²) in [4.78, 5) is 0. The Bertz CT molecular complexity index is 417. The van der Waals surface area contributed by atoms with E-state index in [2.05, 4.69) is 5.10 Å². The zero-order chi connectivity index (χ0) is 11.8. The first-order chi connectivity index (χ1) is 6.79. The molecule has 1 heterocycles. The van der Waals surface area contributed by atoms with Gasteiger partial charge in [-0.2, -0.15) is 23.5 Å². The molecule has 1 atom stereocenters. The van der Waals surface area contributed by atoms with E-state index in [1.807, 2.05) is 0 Å². The van der Waals surface area contributed by atoms with Gasteiger partial charge < -0.3 is 5.73 Å². The molecule has 2 radical (unpaired) electrons. The third-order valence-electron chi connectivity index (χ3n) is 1.93. The third-order valence-corrected chi connectivity index (χ3v) is 1.93. The molecule has 0 aliphatic heterocycles. The van der Waals surface area contributed by atoms with Crippen molar-refractivity contribution in [1.82, 2.24) is 9.78 Å². The lowest BCUT2D eigenvalue weighted by Crippen LogP contribution is -2.26. The first kappa shape index (κ1) is 11.4. The van der Waals surface area contributed by atoms with Crippen LogP contribution in [-0.2, 0) is 0 Å². The summed E-state index contributed by atoms with van der Waals surface area (Å²) >= 11 is 0. The van der Waals surface area contributed by atoms with Gasteiger partial charge in [-0.3, -0.25) is 0 Å². The number of anilines is 1.